The number of hydrogen-bond donors (Lipinski definition) is 0. The monoisotopic (exact) mass is 411 g/mol. The molecule has 2 atom stereocenters. The van der Waals surface area contributed by atoms with Crippen molar-refractivity contribution >= 4 is 40.2 Å². The van der Waals surface area contributed by atoms with Gasteiger partial charge in [-0.25, -0.2) is 4.98 Å². The predicted molar refractivity (Wildman–Crippen MR) is 114 cm³/mol. The summed E-state index contributed by atoms with van der Waals surface area (Å²) >= 11 is 1.54. The molecule has 0 saturated carbocycles. The molecule has 0 bridgehead atoms. The Hall–Kier alpha value is -2.67. The van der Waals surface area contributed by atoms with Gasteiger partial charge in [0.15, 0.2) is 5.92 Å². The molecular formula is C22H25N3O3S. The average Bonchev–Trinajstić information content (AvgIpc) is 3.37. The highest BCUT2D eigenvalue weighted by atomic mass is 32.1. The third kappa shape index (κ3) is 3.44. The second-order valence-corrected chi connectivity index (χ2v) is 8.14. The van der Waals surface area contributed by atoms with Crippen molar-refractivity contribution in [1.29, 1.82) is 0 Å². The molecular weight excluding hydrogens is 386 g/mol. The van der Waals surface area contributed by atoms with Gasteiger partial charge in [0.25, 0.3) is 0 Å². The van der Waals surface area contributed by atoms with Gasteiger partial charge in [-0.1, -0.05) is 38.0 Å². The summed E-state index contributed by atoms with van der Waals surface area (Å²) in [6, 6.07) is 11.3. The van der Waals surface area contributed by atoms with Gasteiger partial charge in [0.1, 0.15) is 0 Å². The summed E-state index contributed by atoms with van der Waals surface area (Å²) in [7, 11) is 0. The van der Waals surface area contributed by atoms with Crippen LogP contribution in [0.3, 0.4) is 0 Å². The molecule has 2 aromatic heterocycles. The van der Waals surface area contributed by atoms with Crippen molar-refractivity contribution < 1.29 is 14.3 Å². The van der Waals surface area contributed by atoms with Gasteiger partial charge in [0, 0.05) is 11.4 Å². The number of fused-ring (bicyclic) bond motifs is 3. The van der Waals surface area contributed by atoms with E-state index in [2.05, 4.69) is 11.5 Å². The van der Waals surface area contributed by atoms with E-state index in [0.29, 0.717) is 12.5 Å². The minimum atomic E-state index is -0.916. The summed E-state index contributed by atoms with van der Waals surface area (Å²) in [5, 5.41) is 1.97. The SMILES string of the molecule is CCCCCN1C(=O)[C@H](C(=O)OCC)[C@H](c2cccs2)n2c1nc1ccccc12. The van der Waals surface area contributed by atoms with Gasteiger partial charge >= 0.3 is 5.97 Å². The summed E-state index contributed by atoms with van der Waals surface area (Å²) in [5.74, 6) is -0.993. The zero-order valence-corrected chi connectivity index (χ0v) is 17.5. The normalized spacial score (nSPS) is 18.8. The fourth-order valence-electron chi connectivity index (χ4n) is 3.99. The molecule has 3 aromatic rings. The summed E-state index contributed by atoms with van der Waals surface area (Å²) in [6.45, 7) is 4.68. The number of thiophene rings is 1. The molecule has 4 rings (SSSR count). The fraction of sp³-hybridized carbons (Fsp3) is 0.409. The quantitative estimate of drug-likeness (QED) is 0.328. The number of unbranched alkanes of at least 4 members (excludes halogenated alkanes) is 2. The second kappa shape index (κ2) is 8.37. The Kier molecular flexibility index (Phi) is 5.67. The van der Waals surface area contributed by atoms with Gasteiger partial charge in [0.2, 0.25) is 11.9 Å². The van der Waals surface area contributed by atoms with Crippen LogP contribution < -0.4 is 4.90 Å². The number of hydrogen-bond acceptors (Lipinski definition) is 5. The largest absolute Gasteiger partial charge is 0.465 e. The highest BCUT2D eigenvalue weighted by molar-refractivity contribution is 7.10. The molecule has 1 aromatic carbocycles. The molecule has 0 fully saturated rings. The number of para-hydroxylation sites is 2. The molecule has 0 spiro atoms. The van der Waals surface area contributed by atoms with Crippen molar-refractivity contribution in [2.24, 2.45) is 5.92 Å². The Labute approximate surface area is 174 Å². The number of imidazole rings is 1. The van der Waals surface area contributed by atoms with E-state index in [9.17, 15) is 9.59 Å². The van der Waals surface area contributed by atoms with Crippen LogP contribution in [0.1, 0.15) is 44.0 Å². The Morgan fingerprint density at radius 2 is 2.00 bits per heavy atom. The van der Waals surface area contributed by atoms with Crippen molar-refractivity contribution in [3.05, 3.63) is 46.7 Å². The lowest BCUT2D eigenvalue weighted by molar-refractivity contribution is -0.153. The first-order valence-electron chi connectivity index (χ1n) is 10.2. The van der Waals surface area contributed by atoms with Crippen molar-refractivity contribution in [1.82, 2.24) is 9.55 Å². The first-order chi connectivity index (χ1) is 14.2. The Morgan fingerprint density at radius 1 is 1.17 bits per heavy atom. The molecule has 0 N–H and O–H groups in total. The van der Waals surface area contributed by atoms with Crippen LogP contribution in [0.4, 0.5) is 5.95 Å². The summed E-state index contributed by atoms with van der Waals surface area (Å²) in [4.78, 5) is 33.9. The predicted octanol–water partition coefficient (Wildman–Crippen LogP) is 4.40. The van der Waals surface area contributed by atoms with Crippen LogP contribution in [0, 0.1) is 5.92 Å². The van der Waals surface area contributed by atoms with Crippen LogP contribution in [-0.4, -0.2) is 34.6 Å². The van der Waals surface area contributed by atoms with Gasteiger partial charge in [-0.3, -0.25) is 19.1 Å². The Morgan fingerprint density at radius 3 is 2.72 bits per heavy atom. The smallest absolute Gasteiger partial charge is 0.321 e. The summed E-state index contributed by atoms with van der Waals surface area (Å²) in [5.41, 5.74) is 1.74. The van der Waals surface area contributed by atoms with Crippen LogP contribution in [0.2, 0.25) is 0 Å². The van der Waals surface area contributed by atoms with Crippen LogP contribution in [0.15, 0.2) is 41.8 Å². The van der Waals surface area contributed by atoms with Crippen LogP contribution in [-0.2, 0) is 14.3 Å². The number of benzene rings is 1. The molecule has 152 valence electrons. The minimum Gasteiger partial charge on any atom is -0.465 e. The standard InChI is InChI=1S/C22H25N3O3S/c1-3-5-8-13-24-20(26)18(21(27)28-4-2)19(17-12-9-14-29-17)25-16-11-7-6-10-15(16)23-22(24)25/h6-7,9-12,14,18-19H,3-5,8,13H2,1-2H3/t18-,19+/m1/s1. The van der Waals surface area contributed by atoms with Crippen molar-refractivity contribution in [3.63, 3.8) is 0 Å². The molecule has 1 aliphatic rings. The van der Waals surface area contributed by atoms with Crippen molar-refractivity contribution in [2.75, 3.05) is 18.1 Å². The zero-order chi connectivity index (χ0) is 20.4. The van der Waals surface area contributed by atoms with Crippen LogP contribution >= 0.6 is 11.3 Å². The third-order valence-electron chi connectivity index (χ3n) is 5.31. The van der Waals surface area contributed by atoms with Gasteiger partial charge < -0.3 is 4.74 Å². The van der Waals surface area contributed by atoms with Crippen molar-refractivity contribution in [3.8, 4) is 0 Å². The number of rotatable bonds is 7. The first kappa shape index (κ1) is 19.6. The minimum absolute atomic E-state index is 0.222. The maximum absolute atomic E-state index is 13.6. The molecule has 0 unspecified atom stereocenters. The molecule has 0 aliphatic carbocycles. The van der Waals surface area contributed by atoms with E-state index in [0.717, 1.165) is 35.2 Å². The number of amides is 1. The van der Waals surface area contributed by atoms with Gasteiger partial charge in [-0.05, 0) is 36.9 Å². The number of carbonyl (C=O) groups excluding carboxylic acids is 2. The highest BCUT2D eigenvalue weighted by Crippen LogP contribution is 2.42. The number of esters is 1. The fourth-order valence-corrected chi connectivity index (χ4v) is 4.84. The molecule has 29 heavy (non-hydrogen) atoms. The van der Waals surface area contributed by atoms with Gasteiger partial charge in [-0.2, -0.15) is 0 Å². The topological polar surface area (TPSA) is 64.4 Å². The molecule has 0 radical (unpaired) electrons. The molecule has 1 amide bonds. The average molecular weight is 412 g/mol. The summed E-state index contributed by atoms with van der Waals surface area (Å²) < 4.78 is 7.39. The molecule has 7 heteroatoms. The molecule has 6 nitrogen and oxygen atoms in total. The Bertz CT molecular complexity index is 1010. The van der Waals surface area contributed by atoms with E-state index < -0.39 is 17.9 Å². The Balaban J connectivity index is 1.91. The lowest BCUT2D eigenvalue weighted by atomic mass is 9.93. The lowest BCUT2D eigenvalue weighted by Crippen LogP contribution is -2.50. The van der Waals surface area contributed by atoms with E-state index in [1.165, 1.54) is 0 Å². The van der Waals surface area contributed by atoms with E-state index in [4.69, 9.17) is 9.72 Å². The number of aromatic nitrogens is 2. The number of anilines is 1. The van der Waals surface area contributed by atoms with E-state index in [-0.39, 0.29) is 12.5 Å². The van der Waals surface area contributed by atoms with Crippen molar-refractivity contribution in [2.45, 2.75) is 39.2 Å². The second-order valence-electron chi connectivity index (χ2n) is 7.16. The third-order valence-corrected chi connectivity index (χ3v) is 6.25. The highest BCUT2D eigenvalue weighted by Gasteiger charge is 2.48. The lowest BCUT2D eigenvalue weighted by Gasteiger charge is -2.37. The maximum atomic E-state index is 13.6. The first-order valence-corrected chi connectivity index (χ1v) is 11.0. The van der Waals surface area contributed by atoms with E-state index in [1.807, 2.05) is 41.8 Å². The molecule has 3 heterocycles. The van der Waals surface area contributed by atoms with Gasteiger partial charge in [-0.15, -0.1) is 11.3 Å². The van der Waals surface area contributed by atoms with Crippen LogP contribution in [0.25, 0.3) is 11.0 Å². The zero-order valence-electron chi connectivity index (χ0n) is 16.7. The summed E-state index contributed by atoms with van der Waals surface area (Å²) in [6.07, 6.45) is 2.94. The van der Waals surface area contributed by atoms with Gasteiger partial charge in [0.05, 0.1) is 23.7 Å². The number of carbonyl (C=O) groups is 2. The molecule has 0 saturated heterocycles. The van der Waals surface area contributed by atoms with Crippen LogP contribution in [0.5, 0.6) is 0 Å². The number of ether oxygens (including phenoxy) is 1. The maximum Gasteiger partial charge on any atom is 0.321 e. The van der Waals surface area contributed by atoms with E-state index >= 15 is 0 Å². The molecule has 1 aliphatic heterocycles. The van der Waals surface area contributed by atoms with E-state index in [1.54, 1.807) is 23.2 Å². The number of nitrogens with zero attached hydrogens (tertiary/aromatic N) is 3.